The lowest BCUT2D eigenvalue weighted by Crippen LogP contribution is -2.24. The molecule has 0 saturated carbocycles. The van der Waals surface area contributed by atoms with Crippen LogP contribution in [0.25, 0.3) is 0 Å². The van der Waals surface area contributed by atoms with Gasteiger partial charge in [-0.25, -0.2) is 13.1 Å². The van der Waals surface area contributed by atoms with E-state index in [1.54, 1.807) is 31.4 Å². The molecule has 1 rings (SSSR count). The quantitative estimate of drug-likeness (QED) is 0.650. The fraction of sp³-hybridized carbons (Fsp3) is 0.571. The average molecular weight is 300 g/mol. The van der Waals surface area contributed by atoms with Crippen LogP contribution < -0.4 is 10.0 Å². The highest BCUT2D eigenvalue weighted by Gasteiger charge is 2.12. The molecule has 0 heterocycles. The summed E-state index contributed by atoms with van der Waals surface area (Å²) >= 11 is 0. The molecule has 0 amide bonds. The van der Waals surface area contributed by atoms with E-state index >= 15 is 0 Å². The minimum atomic E-state index is -3.37. The van der Waals surface area contributed by atoms with E-state index in [1.165, 1.54) is 0 Å². The van der Waals surface area contributed by atoms with E-state index in [0.717, 1.165) is 38.1 Å². The van der Waals surface area contributed by atoms with Crippen LogP contribution in [-0.4, -0.2) is 35.2 Å². The number of unbranched alkanes of at least 4 members (excludes halogenated alkanes) is 1. The van der Waals surface area contributed by atoms with Crippen LogP contribution in [0.5, 0.6) is 0 Å². The number of sulfonamides is 1. The first-order chi connectivity index (χ1) is 9.60. The van der Waals surface area contributed by atoms with E-state index in [4.69, 9.17) is 4.74 Å². The normalized spacial score (nSPS) is 11.5. The third-order valence-corrected chi connectivity index (χ3v) is 4.29. The molecular formula is C14H24N2O3S. The summed E-state index contributed by atoms with van der Waals surface area (Å²) in [4.78, 5) is 0.302. The molecule has 6 heteroatoms. The molecule has 0 saturated heterocycles. The number of ether oxygens (including phenoxy) is 1. The Kier molecular flexibility index (Phi) is 7.58. The number of benzene rings is 1. The summed E-state index contributed by atoms with van der Waals surface area (Å²) in [5.74, 6) is 0. The van der Waals surface area contributed by atoms with Gasteiger partial charge in [-0.05, 0) is 43.5 Å². The Balaban J connectivity index is 2.47. The molecule has 0 aliphatic carbocycles. The van der Waals surface area contributed by atoms with Crippen LogP contribution in [0, 0.1) is 0 Å². The van der Waals surface area contributed by atoms with Crippen molar-refractivity contribution in [2.24, 2.45) is 0 Å². The number of nitrogens with one attached hydrogen (secondary N) is 2. The SMILES string of the molecule is CCCNS(=O)(=O)c1ccc(NCCCCOC)cc1. The standard InChI is InChI=1S/C14H24N2O3S/c1-3-10-16-20(17,18)14-8-6-13(7-9-14)15-11-4-5-12-19-2/h6-9,15-16H,3-5,10-12H2,1-2H3. The zero-order valence-electron chi connectivity index (χ0n) is 12.2. The third kappa shape index (κ3) is 5.90. The molecule has 2 N–H and O–H groups in total. The summed E-state index contributed by atoms with van der Waals surface area (Å²) in [6.45, 7) is 4.01. The minimum Gasteiger partial charge on any atom is -0.385 e. The van der Waals surface area contributed by atoms with Crippen molar-refractivity contribution in [2.75, 3.05) is 32.1 Å². The number of anilines is 1. The van der Waals surface area contributed by atoms with Crippen LogP contribution in [-0.2, 0) is 14.8 Å². The highest BCUT2D eigenvalue weighted by molar-refractivity contribution is 7.89. The second kappa shape index (κ2) is 8.94. The van der Waals surface area contributed by atoms with Gasteiger partial charge in [0.05, 0.1) is 4.90 Å². The average Bonchev–Trinajstić information content (AvgIpc) is 2.45. The number of hydrogen-bond donors (Lipinski definition) is 2. The van der Waals surface area contributed by atoms with Crippen molar-refractivity contribution in [3.05, 3.63) is 24.3 Å². The molecule has 1 aromatic rings. The number of methoxy groups -OCH3 is 1. The van der Waals surface area contributed by atoms with Crippen molar-refractivity contribution in [2.45, 2.75) is 31.1 Å². The molecule has 114 valence electrons. The molecule has 5 nitrogen and oxygen atoms in total. The lowest BCUT2D eigenvalue weighted by Gasteiger charge is -2.08. The van der Waals surface area contributed by atoms with Gasteiger partial charge in [0.2, 0.25) is 10.0 Å². The molecule has 0 aromatic heterocycles. The Bertz CT molecular complexity index is 472. The predicted octanol–water partition coefficient (Wildman–Crippen LogP) is 2.21. The summed E-state index contributed by atoms with van der Waals surface area (Å²) in [6.07, 6.45) is 2.81. The maximum Gasteiger partial charge on any atom is 0.240 e. The Labute approximate surface area is 121 Å². The molecular weight excluding hydrogens is 276 g/mol. The van der Waals surface area contributed by atoms with E-state index < -0.39 is 10.0 Å². The molecule has 0 aliphatic rings. The molecule has 0 atom stereocenters. The van der Waals surface area contributed by atoms with E-state index in [-0.39, 0.29) is 0 Å². The van der Waals surface area contributed by atoms with Crippen molar-refractivity contribution < 1.29 is 13.2 Å². The Morgan fingerprint density at radius 2 is 1.80 bits per heavy atom. The maximum atomic E-state index is 11.9. The molecule has 0 unspecified atom stereocenters. The van der Waals surface area contributed by atoms with Crippen LogP contribution in [0.4, 0.5) is 5.69 Å². The number of rotatable bonds is 10. The van der Waals surface area contributed by atoms with E-state index in [9.17, 15) is 8.42 Å². The van der Waals surface area contributed by atoms with Crippen LogP contribution in [0.1, 0.15) is 26.2 Å². The summed E-state index contributed by atoms with van der Waals surface area (Å²) < 4.78 is 31.3. The van der Waals surface area contributed by atoms with Crippen LogP contribution in [0.3, 0.4) is 0 Å². The molecule has 0 bridgehead atoms. The van der Waals surface area contributed by atoms with Crippen LogP contribution in [0.2, 0.25) is 0 Å². The Hall–Kier alpha value is -1.11. The van der Waals surface area contributed by atoms with Crippen LogP contribution in [0.15, 0.2) is 29.2 Å². The van der Waals surface area contributed by atoms with Crippen molar-refractivity contribution in [1.29, 1.82) is 0 Å². The molecule has 20 heavy (non-hydrogen) atoms. The largest absolute Gasteiger partial charge is 0.385 e. The van der Waals surface area contributed by atoms with Gasteiger partial charge in [0, 0.05) is 32.5 Å². The highest BCUT2D eigenvalue weighted by atomic mass is 32.2. The second-order valence-corrected chi connectivity index (χ2v) is 6.32. The van der Waals surface area contributed by atoms with Gasteiger partial charge in [-0.2, -0.15) is 0 Å². The highest BCUT2D eigenvalue weighted by Crippen LogP contribution is 2.14. The zero-order chi connectivity index (χ0) is 14.8. The van der Waals surface area contributed by atoms with Gasteiger partial charge in [-0.3, -0.25) is 0 Å². The van der Waals surface area contributed by atoms with E-state index in [2.05, 4.69) is 10.0 Å². The summed E-state index contributed by atoms with van der Waals surface area (Å²) in [5.41, 5.74) is 0.928. The van der Waals surface area contributed by atoms with Gasteiger partial charge in [0.25, 0.3) is 0 Å². The lowest BCUT2D eigenvalue weighted by atomic mass is 10.3. The Morgan fingerprint density at radius 3 is 2.40 bits per heavy atom. The maximum absolute atomic E-state index is 11.9. The van der Waals surface area contributed by atoms with Gasteiger partial charge in [-0.15, -0.1) is 0 Å². The second-order valence-electron chi connectivity index (χ2n) is 4.55. The van der Waals surface area contributed by atoms with Gasteiger partial charge in [-0.1, -0.05) is 6.92 Å². The monoisotopic (exact) mass is 300 g/mol. The smallest absolute Gasteiger partial charge is 0.240 e. The lowest BCUT2D eigenvalue weighted by molar-refractivity contribution is 0.194. The van der Waals surface area contributed by atoms with Crippen molar-refractivity contribution in [3.63, 3.8) is 0 Å². The van der Waals surface area contributed by atoms with Crippen LogP contribution >= 0.6 is 0 Å². The molecule has 0 radical (unpaired) electrons. The fourth-order valence-corrected chi connectivity index (χ4v) is 2.81. The van der Waals surface area contributed by atoms with Crippen molar-refractivity contribution in [1.82, 2.24) is 4.72 Å². The minimum absolute atomic E-state index is 0.302. The third-order valence-electron chi connectivity index (χ3n) is 2.81. The van der Waals surface area contributed by atoms with Gasteiger partial charge >= 0.3 is 0 Å². The van der Waals surface area contributed by atoms with Gasteiger partial charge in [0.1, 0.15) is 0 Å². The van der Waals surface area contributed by atoms with E-state index in [1.807, 2.05) is 6.92 Å². The predicted molar refractivity (Wildman–Crippen MR) is 81.5 cm³/mol. The summed E-state index contributed by atoms with van der Waals surface area (Å²) in [7, 11) is -1.67. The van der Waals surface area contributed by atoms with Crippen molar-refractivity contribution in [3.8, 4) is 0 Å². The molecule has 0 fully saturated rings. The first kappa shape index (κ1) is 16.9. The summed E-state index contributed by atoms with van der Waals surface area (Å²) in [6, 6.07) is 6.82. The van der Waals surface area contributed by atoms with E-state index in [0.29, 0.717) is 11.4 Å². The zero-order valence-corrected chi connectivity index (χ0v) is 13.0. The molecule has 1 aromatic carbocycles. The fourth-order valence-electron chi connectivity index (χ4n) is 1.68. The van der Waals surface area contributed by atoms with Crippen molar-refractivity contribution >= 4 is 15.7 Å². The first-order valence-electron chi connectivity index (χ1n) is 6.92. The summed E-state index contributed by atoms with van der Waals surface area (Å²) in [5, 5.41) is 3.25. The number of hydrogen-bond acceptors (Lipinski definition) is 4. The topological polar surface area (TPSA) is 67.4 Å². The van der Waals surface area contributed by atoms with Gasteiger partial charge in [0.15, 0.2) is 0 Å². The van der Waals surface area contributed by atoms with Gasteiger partial charge < -0.3 is 10.1 Å². The molecule has 0 aliphatic heterocycles. The Morgan fingerprint density at radius 1 is 1.10 bits per heavy atom. The molecule has 0 spiro atoms. The first-order valence-corrected chi connectivity index (χ1v) is 8.41.